The lowest BCUT2D eigenvalue weighted by Gasteiger charge is -2.54. The first-order valence-corrected chi connectivity index (χ1v) is 13.5. The van der Waals surface area contributed by atoms with Crippen molar-refractivity contribution in [3.05, 3.63) is 11.6 Å². The highest BCUT2D eigenvalue weighted by Gasteiger charge is 2.89. The third kappa shape index (κ3) is 3.97. The van der Waals surface area contributed by atoms with Crippen molar-refractivity contribution in [1.29, 1.82) is 0 Å². The van der Waals surface area contributed by atoms with Crippen LogP contribution in [0.25, 0.3) is 0 Å². The maximum Gasteiger partial charge on any atom is 0.342 e. The van der Waals surface area contributed by atoms with Gasteiger partial charge in [0.05, 0.1) is 17.1 Å². The van der Waals surface area contributed by atoms with E-state index in [4.69, 9.17) is 33.2 Å². The van der Waals surface area contributed by atoms with Crippen LogP contribution in [0, 0.1) is 11.3 Å². The molecule has 12 nitrogen and oxygen atoms in total. The molecule has 2 aliphatic carbocycles. The Labute approximate surface area is 231 Å². The van der Waals surface area contributed by atoms with Gasteiger partial charge < -0.3 is 33.2 Å². The molecule has 220 valence electrons. The fourth-order valence-electron chi connectivity index (χ4n) is 7.70. The number of ether oxygens (including phenoxy) is 7. The minimum Gasteiger partial charge on any atom is -0.462 e. The van der Waals surface area contributed by atoms with Crippen molar-refractivity contribution in [3.63, 3.8) is 0 Å². The smallest absolute Gasteiger partial charge is 0.342 e. The quantitative estimate of drug-likeness (QED) is 0.211. The maximum absolute atomic E-state index is 13.1. The molecule has 0 aromatic rings. The van der Waals surface area contributed by atoms with E-state index in [0.717, 1.165) is 0 Å². The van der Waals surface area contributed by atoms with Crippen LogP contribution in [-0.4, -0.2) is 83.3 Å². The molecule has 5 aliphatic rings. The average Bonchev–Trinajstić information content (AvgIpc) is 3.64. The van der Waals surface area contributed by atoms with Crippen molar-refractivity contribution in [3.8, 4) is 0 Å². The molecule has 0 unspecified atom stereocenters. The molecule has 12 heteroatoms. The Morgan fingerprint density at radius 3 is 2.00 bits per heavy atom. The van der Waals surface area contributed by atoms with Crippen LogP contribution in [0.5, 0.6) is 0 Å². The van der Waals surface area contributed by atoms with Gasteiger partial charge in [-0.05, 0) is 26.8 Å². The van der Waals surface area contributed by atoms with E-state index in [2.05, 4.69) is 0 Å². The SMILES string of the molecule is CC(=O)O[C@H]1C/C(C)=C\[C@H]2OC(=O)[C@@]3(C)O[C@@]23[C@H](OC(C)=O)[C@@H]2[C@]3(C)O[C@@H]3C[C@@H](OC(C)=O)[C@@]2(C)[C@@H]1OC(C)=O. The van der Waals surface area contributed by atoms with Gasteiger partial charge in [0.15, 0.2) is 17.3 Å². The van der Waals surface area contributed by atoms with Gasteiger partial charge in [0.1, 0.15) is 24.4 Å². The summed E-state index contributed by atoms with van der Waals surface area (Å²) in [6.07, 6.45) is -3.61. The molecular formula is C28H36O12. The molecule has 4 fully saturated rings. The molecule has 0 amide bonds. The van der Waals surface area contributed by atoms with E-state index in [9.17, 15) is 24.0 Å². The van der Waals surface area contributed by atoms with Crippen LogP contribution in [-0.2, 0) is 57.1 Å². The number of hydrogen-bond acceptors (Lipinski definition) is 12. The molecule has 0 N–H and O–H groups in total. The van der Waals surface area contributed by atoms with Crippen LogP contribution in [0.3, 0.4) is 0 Å². The van der Waals surface area contributed by atoms with Crippen LogP contribution >= 0.6 is 0 Å². The molecular weight excluding hydrogens is 528 g/mol. The largest absolute Gasteiger partial charge is 0.462 e. The normalized spacial score (nSPS) is 47.9. The van der Waals surface area contributed by atoms with Crippen LogP contribution < -0.4 is 0 Å². The highest BCUT2D eigenvalue weighted by molar-refractivity contribution is 5.89. The number of esters is 5. The molecule has 3 heterocycles. The average molecular weight is 565 g/mol. The number of epoxide rings is 2. The van der Waals surface area contributed by atoms with Gasteiger partial charge in [-0.1, -0.05) is 12.5 Å². The second-order valence-electron chi connectivity index (χ2n) is 12.1. The first-order valence-electron chi connectivity index (χ1n) is 13.5. The highest BCUT2D eigenvalue weighted by atomic mass is 16.7. The molecule has 0 radical (unpaired) electrons. The van der Waals surface area contributed by atoms with Gasteiger partial charge >= 0.3 is 29.8 Å². The van der Waals surface area contributed by atoms with Gasteiger partial charge in [-0.25, -0.2) is 4.79 Å². The van der Waals surface area contributed by atoms with Gasteiger partial charge in [0.25, 0.3) is 0 Å². The zero-order chi connectivity index (χ0) is 29.6. The summed E-state index contributed by atoms with van der Waals surface area (Å²) in [4.78, 5) is 63.2. The molecule has 40 heavy (non-hydrogen) atoms. The Morgan fingerprint density at radius 2 is 1.45 bits per heavy atom. The summed E-state index contributed by atoms with van der Waals surface area (Å²) >= 11 is 0. The summed E-state index contributed by atoms with van der Waals surface area (Å²) in [6, 6.07) is 0. The minimum atomic E-state index is -1.43. The van der Waals surface area contributed by atoms with Crippen molar-refractivity contribution in [2.45, 2.75) is 122 Å². The van der Waals surface area contributed by atoms with Gasteiger partial charge in [-0.3, -0.25) is 19.2 Å². The Hall–Kier alpha value is -2.99. The molecule has 0 aromatic heterocycles. The third-order valence-corrected chi connectivity index (χ3v) is 9.36. The second kappa shape index (κ2) is 9.01. The fourth-order valence-corrected chi connectivity index (χ4v) is 7.70. The van der Waals surface area contributed by atoms with Gasteiger partial charge in [0.2, 0.25) is 0 Å². The molecule has 0 bridgehead atoms. The van der Waals surface area contributed by atoms with E-state index < -0.39 is 94.6 Å². The van der Waals surface area contributed by atoms with E-state index in [-0.39, 0.29) is 12.8 Å². The maximum atomic E-state index is 13.1. The summed E-state index contributed by atoms with van der Waals surface area (Å²) in [7, 11) is 0. The van der Waals surface area contributed by atoms with E-state index in [0.29, 0.717) is 5.57 Å². The number of carbonyl (C=O) groups is 5. The van der Waals surface area contributed by atoms with E-state index in [1.165, 1.54) is 27.7 Å². The van der Waals surface area contributed by atoms with Crippen molar-refractivity contribution in [2.24, 2.45) is 11.3 Å². The Kier molecular flexibility index (Phi) is 6.42. The van der Waals surface area contributed by atoms with Crippen LogP contribution in [0.4, 0.5) is 0 Å². The number of fused-ring (bicyclic) bond motifs is 3. The lowest BCUT2D eigenvalue weighted by Crippen LogP contribution is -2.68. The Bertz CT molecular complexity index is 1210. The highest BCUT2D eigenvalue weighted by Crippen LogP contribution is 2.69. The van der Waals surface area contributed by atoms with E-state index in [1.54, 1.807) is 26.8 Å². The zero-order valence-electron chi connectivity index (χ0n) is 23.9. The Balaban J connectivity index is 1.81. The summed E-state index contributed by atoms with van der Waals surface area (Å²) in [6.45, 7) is 11.9. The lowest BCUT2D eigenvalue weighted by atomic mass is 9.53. The first kappa shape index (κ1) is 28.5. The van der Waals surface area contributed by atoms with Crippen LogP contribution in [0.15, 0.2) is 11.6 Å². The molecule has 0 aromatic carbocycles. The standard InChI is InChI=1S/C28H36O12/c1-12-9-17(34-13(2)29)22(36-15(4)31)25(6)18(35-14(3)30)11-19-26(7,39-19)21(25)23(37-16(5)32)28-20(10-12)38-24(33)27(28,8)40-28/h10,17-23H,9,11H2,1-8H3/b12-10-/t17-,18+,19+,20+,21-,22+,23+,25+,26+,27+,28+/m0/s1. The van der Waals surface area contributed by atoms with Crippen molar-refractivity contribution >= 4 is 29.8 Å². The predicted octanol–water partition coefficient (Wildman–Crippen LogP) is 1.70. The fraction of sp³-hybridized carbons (Fsp3) is 0.750. The van der Waals surface area contributed by atoms with Gasteiger partial charge in [-0.2, -0.15) is 0 Å². The number of carbonyl (C=O) groups excluding carboxylic acids is 5. The van der Waals surface area contributed by atoms with Gasteiger partial charge in [0, 0.05) is 46.5 Å². The second-order valence-corrected chi connectivity index (χ2v) is 12.1. The molecule has 1 spiro atoms. The van der Waals surface area contributed by atoms with E-state index >= 15 is 0 Å². The predicted molar refractivity (Wildman–Crippen MR) is 132 cm³/mol. The van der Waals surface area contributed by atoms with Crippen molar-refractivity contribution in [2.75, 3.05) is 0 Å². The van der Waals surface area contributed by atoms with E-state index in [1.807, 2.05) is 6.92 Å². The molecule has 3 aliphatic heterocycles. The number of rotatable bonds is 4. The minimum absolute atomic E-state index is 0.104. The van der Waals surface area contributed by atoms with Crippen LogP contribution in [0.2, 0.25) is 0 Å². The molecule has 11 atom stereocenters. The first-order chi connectivity index (χ1) is 18.5. The summed E-state index contributed by atoms with van der Waals surface area (Å²) < 4.78 is 41.9. The van der Waals surface area contributed by atoms with Crippen molar-refractivity contribution < 1.29 is 57.1 Å². The summed E-state index contributed by atoms with van der Waals surface area (Å²) in [5.74, 6) is -3.99. The lowest BCUT2D eigenvalue weighted by molar-refractivity contribution is -0.228. The number of hydrogen-bond donors (Lipinski definition) is 0. The monoisotopic (exact) mass is 564 g/mol. The zero-order valence-corrected chi connectivity index (χ0v) is 23.9. The van der Waals surface area contributed by atoms with Gasteiger partial charge in [-0.15, -0.1) is 0 Å². The summed E-state index contributed by atoms with van der Waals surface area (Å²) in [5, 5.41) is 0. The molecule has 3 saturated heterocycles. The summed E-state index contributed by atoms with van der Waals surface area (Å²) in [5.41, 5.74) is -4.56. The Morgan fingerprint density at radius 1 is 0.875 bits per heavy atom. The topological polar surface area (TPSA) is 157 Å². The molecule has 5 rings (SSSR count). The van der Waals surface area contributed by atoms with Crippen molar-refractivity contribution in [1.82, 2.24) is 0 Å². The third-order valence-electron chi connectivity index (χ3n) is 9.36. The molecule has 1 saturated carbocycles. The van der Waals surface area contributed by atoms with Crippen LogP contribution in [0.1, 0.15) is 68.2 Å².